The van der Waals surface area contributed by atoms with Gasteiger partial charge >= 0.3 is 0 Å². The highest BCUT2D eigenvalue weighted by atomic mass is 35.5. The first kappa shape index (κ1) is 13.9. The van der Waals surface area contributed by atoms with E-state index >= 15 is 0 Å². The third-order valence-electron chi connectivity index (χ3n) is 3.32. The van der Waals surface area contributed by atoms with Crippen LogP contribution in [-0.4, -0.2) is 29.0 Å². The van der Waals surface area contributed by atoms with Crippen LogP contribution in [0.15, 0.2) is 10.9 Å². The summed E-state index contributed by atoms with van der Waals surface area (Å²) in [6.07, 6.45) is 2.61. The van der Waals surface area contributed by atoms with E-state index < -0.39 is 0 Å². The summed E-state index contributed by atoms with van der Waals surface area (Å²) in [6.45, 7) is 5.22. The Morgan fingerprint density at radius 3 is 3.06 bits per heavy atom. The fourth-order valence-electron chi connectivity index (χ4n) is 2.44. The Balaban J connectivity index is 0.00000128. The van der Waals surface area contributed by atoms with E-state index in [1.807, 2.05) is 5.51 Å². The van der Waals surface area contributed by atoms with E-state index in [4.69, 9.17) is 5.73 Å². The van der Waals surface area contributed by atoms with Crippen LogP contribution in [0.5, 0.6) is 0 Å². The van der Waals surface area contributed by atoms with Gasteiger partial charge in [-0.2, -0.15) is 0 Å². The van der Waals surface area contributed by atoms with E-state index in [2.05, 4.69) is 22.2 Å². The van der Waals surface area contributed by atoms with Gasteiger partial charge in [0.2, 0.25) is 0 Å². The summed E-state index contributed by atoms with van der Waals surface area (Å²) in [7, 11) is 0. The molecule has 0 aliphatic carbocycles. The van der Waals surface area contributed by atoms with Crippen LogP contribution in [0.3, 0.4) is 0 Å². The molecule has 0 aromatic carbocycles. The lowest BCUT2D eigenvalue weighted by Crippen LogP contribution is -2.48. The Morgan fingerprint density at radius 1 is 1.62 bits per heavy atom. The predicted octanol–water partition coefficient (Wildman–Crippen LogP) is 2.12. The molecule has 1 aliphatic heterocycles. The van der Waals surface area contributed by atoms with Gasteiger partial charge in [0.1, 0.15) is 0 Å². The molecule has 5 heteroatoms. The van der Waals surface area contributed by atoms with Crippen molar-refractivity contribution in [2.24, 2.45) is 11.7 Å². The summed E-state index contributed by atoms with van der Waals surface area (Å²) in [5.74, 6) is 0.724. The quantitative estimate of drug-likeness (QED) is 0.906. The third-order valence-corrected chi connectivity index (χ3v) is 3.96. The summed E-state index contributed by atoms with van der Waals surface area (Å²) in [5, 5.41) is 2.13. The fourth-order valence-corrected chi connectivity index (χ4v) is 2.99. The number of aromatic nitrogens is 1. The number of rotatable bonds is 3. The summed E-state index contributed by atoms with van der Waals surface area (Å²) in [6, 6.07) is 0.542. The lowest BCUT2D eigenvalue weighted by molar-refractivity contribution is 0.0980. The molecule has 2 unspecified atom stereocenters. The minimum atomic E-state index is 0. The zero-order chi connectivity index (χ0) is 10.7. The molecule has 0 amide bonds. The SMILES string of the molecule is CC1CCCN(Cc2cscn2)C1CN.Cl. The highest BCUT2D eigenvalue weighted by molar-refractivity contribution is 7.07. The molecule has 1 aliphatic rings. The molecule has 1 aromatic heterocycles. The monoisotopic (exact) mass is 261 g/mol. The van der Waals surface area contributed by atoms with Gasteiger partial charge in [0.25, 0.3) is 0 Å². The third kappa shape index (κ3) is 3.17. The van der Waals surface area contributed by atoms with Gasteiger partial charge in [-0.05, 0) is 25.3 Å². The average molecular weight is 262 g/mol. The summed E-state index contributed by atoms with van der Waals surface area (Å²) in [5.41, 5.74) is 8.94. The molecule has 2 rings (SSSR count). The normalized spacial score (nSPS) is 26.4. The Hall–Kier alpha value is -0.160. The van der Waals surface area contributed by atoms with Crippen molar-refractivity contribution in [1.82, 2.24) is 9.88 Å². The van der Waals surface area contributed by atoms with Crippen LogP contribution in [0.1, 0.15) is 25.5 Å². The lowest BCUT2D eigenvalue weighted by atomic mass is 9.91. The van der Waals surface area contributed by atoms with Crippen LogP contribution >= 0.6 is 23.7 Å². The summed E-state index contributed by atoms with van der Waals surface area (Å²) >= 11 is 1.67. The molecule has 16 heavy (non-hydrogen) atoms. The van der Waals surface area contributed by atoms with Gasteiger partial charge in [-0.3, -0.25) is 4.90 Å². The van der Waals surface area contributed by atoms with Gasteiger partial charge in [-0.25, -0.2) is 4.98 Å². The summed E-state index contributed by atoms with van der Waals surface area (Å²) < 4.78 is 0. The molecule has 92 valence electrons. The zero-order valence-electron chi connectivity index (χ0n) is 9.63. The van der Waals surface area contributed by atoms with E-state index in [0.29, 0.717) is 6.04 Å². The van der Waals surface area contributed by atoms with Gasteiger partial charge < -0.3 is 5.73 Å². The minimum Gasteiger partial charge on any atom is -0.329 e. The predicted molar refractivity (Wildman–Crippen MR) is 71.0 cm³/mol. The first-order chi connectivity index (χ1) is 7.31. The van der Waals surface area contributed by atoms with Crippen molar-refractivity contribution in [3.05, 3.63) is 16.6 Å². The Labute approximate surface area is 107 Å². The number of likely N-dealkylation sites (tertiary alicyclic amines) is 1. The smallest absolute Gasteiger partial charge is 0.0795 e. The van der Waals surface area contributed by atoms with Gasteiger partial charge in [-0.1, -0.05) is 6.92 Å². The molecule has 0 spiro atoms. The van der Waals surface area contributed by atoms with E-state index in [-0.39, 0.29) is 12.4 Å². The molecule has 1 fully saturated rings. The fraction of sp³-hybridized carbons (Fsp3) is 0.727. The molecule has 3 nitrogen and oxygen atoms in total. The molecule has 1 aromatic rings. The lowest BCUT2D eigenvalue weighted by Gasteiger charge is -2.39. The van der Waals surface area contributed by atoms with E-state index in [0.717, 1.165) is 19.0 Å². The number of nitrogens with two attached hydrogens (primary N) is 1. The molecule has 0 saturated carbocycles. The first-order valence-corrected chi connectivity index (χ1v) is 6.56. The highest BCUT2D eigenvalue weighted by Gasteiger charge is 2.27. The number of piperidine rings is 1. The highest BCUT2D eigenvalue weighted by Crippen LogP contribution is 2.24. The van der Waals surface area contributed by atoms with Crippen LogP contribution in [0, 0.1) is 5.92 Å². The van der Waals surface area contributed by atoms with Gasteiger partial charge in [-0.15, -0.1) is 23.7 Å². The minimum absolute atomic E-state index is 0. The van der Waals surface area contributed by atoms with Crippen molar-refractivity contribution in [3.63, 3.8) is 0 Å². The molecule has 0 radical (unpaired) electrons. The molecular weight excluding hydrogens is 242 g/mol. The maximum absolute atomic E-state index is 5.85. The summed E-state index contributed by atoms with van der Waals surface area (Å²) in [4.78, 5) is 6.83. The average Bonchev–Trinajstić information content (AvgIpc) is 2.71. The molecule has 2 N–H and O–H groups in total. The Bertz CT molecular complexity index is 291. The Kier molecular flexibility index (Phi) is 5.69. The van der Waals surface area contributed by atoms with Crippen molar-refractivity contribution < 1.29 is 0 Å². The van der Waals surface area contributed by atoms with Crippen LogP contribution < -0.4 is 5.73 Å². The number of hydrogen-bond acceptors (Lipinski definition) is 4. The number of hydrogen-bond donors (Lipinski definition) is 1. The molecular formula is C11H20ClN3S. The van der Waals surface area contributed by atoms with Gasteiger partial charge in [0.05, 0.1) is 11.2 Å². The van der Waals surface area contributed by atoms with Crippen molar-refractivity contribution >= 4 is 23.7 Å². The standard InChI is InChI=1S/C11H19N3S.ClH/c1-9-3-2-4-14(11(9)5-12)6-10-7-15-8-13-10;/h7-9,11H,2-6,12H2,1H3;1H. The van der Waals surface area contributed by atoms with Crippen LogP contribution in [-0.2, 0) is 6.54 Å². The Morgan fingerprint density at radius 2 is 2.44 bits per heavy atom. The maximum Gasteiger partial charge on any atom is 0.0795 e. The van der Waals surface area contributed by atoms with E-state index in [1.165, 1.54) is 25.1 Å². The van der Waals surface area contributed by atoms with Gasteiger partial charge in [0.15, 0.2) is 0 Å². The largest absolute Gasteiger partial charge is 0.329 e. The number of nitrogens with zero attached hydrogens (tertiary/aromatic N) is 2. The molecule has 0 bridgehead atoms. The van der Waals surface area contributed by atoms with E-state index in [9.17, 15) is 0 Å². The molecule has 2 atom stereocenters. The topological polar surface area (TPSA) is 42.2 Å². The second kappa shape index (κ2) is 6.55. The number of thiazole rings is 1. The molecule has 2 heterocycles. The van der Waals surface area contributed by atoms with Crippen molar-refractivity contribution in [2.75, 3.05) is 13.1 Å². The number of halogens is 1. The van der Waals surface area contributed by atoms with Gasteiger partial charge in [0, 0.05) is 24.5 Å². The zero-order valence-corrected chi connectivity index (χ0v) is 11.3. The van der Waals surface area contributed by atoms with Crippen molar-refractivity contribution in [1.29, 1.82) is 0 Å². The van der Waals surface area contributed by atoms with Crippen LogP contribution in [0.2, 0.25) is 0 Å². The second-order valence-electron chi connectivity index (χ2n) is 4.37. The van der Waals surface area contributed by atoms with Crippen molar-refractivity contribution in [3.8, 4) is 0 Å². The second-order valence-corrected chi connectivity index (χ2v) is 5.09. The van der Waals surface area contributed by atoms with E-state index in [1.54, 1.807) is 11.3 Å². The van der Waals surface area contributed by atoms with Crippen LogP contribution in [0.25, 0.3) is 0 Å². The van der Waals surface area contributed by atoms with Crippen LogP contribution in [0.4, 0.5) is 0 Å². The molecule has 1 saturated heterocycles. The van der Waals surface area contributed by atoms with Crippen molar-refractivity contribution in [2.45, 2.75) is 32.4 Å². The maximum atomic E-state index is 5.85. The first-order valence-electron chi connectivity index (χ1n) is 5.62.